The van der Waals surface area contributed by atoms with Crippen molar-refractivity contribution >= 4 is 11.6 Å². The fraction of sp³-hybridized carbons (Fsp3) is 0.294. The van der Waals surface area contributed by atoms with Crippen LogP contribution in [0.4, 0.5) is 0 Å². The van der Waals surface area contributed by atoms with E-state index in [9.17, 15) is 0 Å². The van der Waals surface area contributed by atoms with Crippen LogP contribution in [0.2, 0.25) is 5.02 Å². The van der Waals surface area contributed by atoms with Crippen molar-refractivity contribution in [3.63, 3.8) is 0 Å². The van der Waals surface area contributed by atoms with E-state index in [1.165, 1.54) is 0 Å². The summed E-state index contributed by atoms with van der Waals surface area (Å²) in [5.74, 6) is 1.67. The molecule has 0 saturated heterocycles. The minimum absolute atomic E-state index is 0.0862. The van der Waals surface area contributed by atoms with Crippen LogP contribution in [0.1, 0.15) is 36.1 Å². The van der Waals surface area contributed by atoms with Crippen LogP contribution in [-0.2, 0) is 0 Å². The minimum atomic E-state index is 0.0862. The smallest absolute Gasteiger partial charge is 0.133 e. The minimum Gasteiger partial charge on any atom is -0.457 e. The third-order valence-electron chi connectivity index (χ3n) is 3.39. The van der Waals surface area contributed by atoms with Gasteiger partial charge in [-0.1, -0.05) is 30.7 Å². The molecule has 0 heterocycles. The highest BCUT2D eigenvalue weighted by molar-refractivity contribution is 6.30. The summed E-state index contributed by atoms with van der Waals surface area (Å²) in [6.45, 7) is 6.07. The molecule has 2 aromatic rings. The van der Waals surface area contributed by atoms with Crippen LogP contribution in [-0.4, -0.2) is 0 Å². The van der Waals surface area contributed by atoms with E-state index >= 15 is 0 Å². The van der Waals surface area contributed by atoms with Gasteiger partial charge in [-0.2, -0.15) is 0 Å². The van der Waals surface area contributed by atoms with Crippen LogP contribution in [0, 0.1) is 13.8 Å². The predicted molar refractivity (Wildman–Crippen MR) is 84.7 cm³/mol. The van der Waals surface area contributed by atoms with Gasteiger partial charge in [0, 0.05) is 11.1 Å². The summed E-state index contributed by atoms with van der Waals surface area (Å²) in [7, 11) is 0. The number of benzene rings is 2. The number of halogens is 1. The second-order valence-corrected chi connectivity index (χ2v) is 5.49. The van der Waals surface area contributed by atoms with E-state index in [-0.39, 0.29) is 6.04 Å². The first kappa shape index (κ1) is 14.9. The Morgan fingerprint density at radius 2 is 1.65 bits per heavy atom. The molecule has 0 aliphatic heterocycles. The fourth-order valence-electron chi connectivity index (χ4n) is 2.20. The Morgan fingerprint density at radius 3 is 2.15 bits per heavy atom. The van der Waals surface area contributed by atoms with Crippen LogP contribution in [0.25, 0.3) is 0 Å². The van der Waals surface area contributed by atoms with Gasteiger partial charge in [0.15, 0.2) is 0 Å². The van der Waals surface area contributed by atoms with Crippen molar-refractivity contribution in [2.24, 2.45) is 5.73 Å². The number of aryl methyl sites for hydroxylation is 2. The van der Waals surface area contributed by atoms with Gasteiger partial charge in [-0.3, -0.25) is 0 Å². The SMILES string of the molecule is CC[C@@H](N)c1ccc(Oc2c(C)cc(Cl)cc2C)cc1. The van der Waals surface area contributed by atoms with Crippen molar-refractivity contribution < 1.29 is 4.74 Å². The van der Waals surface area contributed by atoms with E-state index in [4.69, 9.17) is 22.1 Å². The summed E-state index contributed by atoms with van der Waals surface area (Å²) in [5.41, 5.74) is 9.20. The summed E-state index contributed by atoms with van der Waals surface area (Å²) in [5, 5.41) is 0.733. The topological polar surface area (TPSA) is 35.2 Å². The van der Waals surface area contributed by atoms with Crippen LogP contribution in [0.5, 0.6) is 11.5 Å². The van der Waals surface area contributed by atoms with Crippen molar-refractivity contribution in [1.82, 2.24) is 0 Å². The van der Waals surface area contributed by atoms with E-state index in [1.54, 1.807) is 0 Å². The number of rotatable bonds is 4. The Hall–Kier alpha value is -1.51. The molecule has 0 fully saturated rings. The Labute approximate surface area is 125 Å². The van der Waals surface area contributed by atoms with Crippen molar-refractivity contribution in [2.75, 3.05) is 0 Å². The summed E-state index contributed by atoms with van der Waals surface area (Å²) in [6, 6.07) is 11.9. The molecule has 2 nitrogen and oxygen atoms in total. The van der Waals surface area contributed by atoms with E-state index < -0.39 is 0 Å². The molecular formula is C17H20ClNO. The van der Waals surface area contributed by atoms with Gasteiger partial charge in [0.05, 0.1) is 0 Å². The molecule has 0 aliphatic rings. The van der Waals surface area contributed by atoms with E-state index in [1.807, 2.05) is 50.2 Å². The maximum absolute atomic E-state index is 6.03. The Morgan fingerprint density at radius 1 is 1.10 bits per heavy atom. The number of nitrogens with two attached hydrogens (primary N) is 1. The molecule has 0 spiro atoms. The summed E-state index contributed by atoms with van der Waals surface area (Å²) >= 11 is 6.03. The van der Waals surface area contributed by atoms with Gasteiger partial charge in [-0.05, 0) is 61.2 Å². The van der Waals surface area contributed by atoms with Gasteiger partial charge in [0.2, 0.25) is 0 Å². The van der Waals surface area contributed by atoms with Crippen LogP contribution in [0.15, 0.2) is 36.4 Å². The summed E-state index contributed by atoms with van der Waals surface area (Å²) in [4.78, 5) is 0. The zero-order valence-electron chi connectivity index (χ0n) is 12.1. The monoisotopic (exact) mass is 289 g/mol. The lowest BCUT2D eigenvalue weighted by atomic mass is 10.1. The lowest BCUT2D eigenvalue weighted by Crippen LogP contribution is -2.08. The third-order valence-corrected chi connectivity index (χ3v) is 3.61. The molecule has 106 valence electrons. The van der Waals surface area contributed by atoms with Gasteiger partial charge >= 0.3 is 0 Å². The molecule has 0 radical (unpaired) electrons. The molecule has 1 atom stereocenters. The first-order chi connectivity index (χ1) is 9.51. The second kappa shape index (κ2) is 6.29. The number of hydrogen-bond donors (Lipinski definition) is 1. The van der Waals surface area contributed by atoms with Gasteiger partial charge < -0.3 is 10.5 Å². The highest BCUT2D eigenvalue weighted by atomic mass is 35.5. The standard InChI is InChI=1S/C17H20ClNO/c1-4-16(19)13-5-7-15(8-6-13)20-17-11(2)9-14(18)10-12(17)3/h5-10,16H,4,19H2,1-3H3/t16-/m1/s1. The zero-order valence-corrected chi connectivity index (χ0v) is 12.9. The average Bonchev–Trinajstić information content (AvgIpc) is 2.42. The zero-order chi connectivity index (χ0) is 14.7. The quantitative estimate of drug-likeness (QED) is 0.844. The number of ether oxygens (including phenoxy) is 1. The van der Waals surface area contributed by atoms with Crippen LogP contribution < -0.4 is 10.5 Å². The lowest BCUT2D eigenvalue weighted by Gasteiger charge is -2.14. The van der Waals surface area contributed by atoms with Crippen LogP contribution in [0.3, 0.4) is 0 Å². The normalized spacial score (nSPS) is 12.2. The fourth-order valence-corrected chi connectivity index (χ4v) is 2.52. The average molecular weight is 290 g/mol. The molecule has 2 aromatic carbocycles. The van der Waals surface area contributed by atoms with Gasteiger partial charge in [0.25, 0.3) is 0 Å². The largest absolute Gasteiger partial charge is 0.457 e. The van der Waals surface area contributed by atoms with Crippen molar-refractivity contribution in [3.8, 4) is 11.5 Å². The number of hydrogen-bond acceptors (Lipinski definition) is 2. The maximum atomic E-state index is 6.03. The molecule has 2 rings (SSSR count). The molecule has 3 heteroatoms. The Balaban J connectivity index is 2.23. The van der Waals surface area contributed by atoms with Gasteiger partial charge in [-0.15, -0.1) is 0 Å². The third kappa shape index (κ3) is 3.33. The molecule has 20 heavy (non-hydrogen) atoms. The van der Waals surface area contributed by atoms with Gasteiger partial charge in [0.1, 0.15) is 11.5 Å². The first-order valence-electron chi connectivity index (χ1n) is 6.81. The van der Waals surface area contributed by atoms with E-state index in [0.29, 0.717) is 0 Å². The molecule has 0 aliphatic carbocycles. The molecule has 0 saturated carbocycles. The van der Waals surface area contributed by atoms with E-state index in [0.717, 1.165) is 39.6 Å². The van der Waals surface area contributed by atoms with E-state index in [2.05, 4.69) is 6.92 Å². The predicted octanol–water partition coefficient (Wildman–Crippen LogP) is 5.16. The molecule has 0 bridgehead atoms. The van der Waals surface area contributed by atoms with Crippen molar-refractivity contribution in [3.05, 3.63) is 58.1 Å². The molecular weight excluding hydrogens is 270 g/mol. The summed E-state index contributed by atoms with van der Waals surface area (Å²) < 4.78 is 5.96. The highest BCUT2D eigenvalue weighted by Crippen LogP contribution is 2.31. The lowest BCUT2D eigenvalue weighted by molar-refractivity contribution is 0.474. The molecule has 0 aromatic heterocycles. The van der Waals surface area contributed by atoms with Crippen molar-refractivity contribution in [2.45, 2.75) is 33.2 Å². The van der Waals surface area contributed by atoms with Crippen LogP contribution >= 0.6 is 11.6 Å². The molecule has 0 unspecified atom stereocenters. The highest BCUT2D eigenvalue weighted by Gasteiger charge is 2.08. The second-order valence-electron chi connectivity index (χ2n) is 5.05. The van der Waals surface area contributed by atoms with Crippen molar-refractivity contribution in [1.29, 1.82) is 0 Å². The summed E-state index contributed by atoms with van der Waals surface area (Å²) in [6.07, 6.45) is 0.926. The molecule has 0 amide bonds. The Bertz CT molecular complexity index is 569. The Kier molecular flexibility index (Phi) is 4.69. The molecule has 2 N–H and O–H groups in total. The maximum Gasteiger partial charge on any atom is 0.133 e. The van der Waals surface area contributed by atoms with Gasteiger partial charge in [-0.25, -0.2) is 0 Å². The first-order valence-corrected chi connectivity index (χ1v) is 7.19.